The maximum absolute atomic E-state index is 6.06. The second-order valence-corrected chi connectivity index (χ2v) is 6.22. The number of nitrogens with zero attached hydrogens (tertiary/aromatic N) is 3. The number of anilines is 1. The predicted octanol–water partition coefficient (Wildman–Crippen LogP) is 3.03. The molecule has 1 fully saturated rings. The van der Waals surface area contributed by atoms with Gasteiger partial charge < -0.3 is 14.2 Å². The third-order valence-electron chi connectivity index (χ3n) is 4.15. The first-order chi connectivity index (χ1) is 10.6. The first-order valence-electron chi connectivity index (χ1n) is 7.40. The highest BCUT2D eigenvalue weighted by Gasteiger charge is 2.34. The van der Waals surface area contributed by atoms with E-state index in [1.165, 1.54) is 0 Å². The number of halogens is 1. The van der Waals surface area contributed by atoms with Gasteiger partial charge in [-0.1, -0.05) is 16.8 Å². The van der Waals surface area contributed by atoms with E-state index in [4.69, 9.17) is 20.9 Å². The molecule has 0 unspecified atom stereocenters. The van der Waals surface area contributed by atoms with Crippen molar-refractivity contribution < 1.29 is 9.26 Å². The van der Waals surface area contributed by atoms with Crippen LogP contribution in [0, 0.1) is 19.8 Å². The van der Waals surface area contributed by atoms with E-state index in [1.807, 2.05) is 32.0 Å². The van der Waals surface area contributed by atoms with Gasteiger partial charge in [0.25, 0.3) is 0 Å². The standard InChI is InChI=1S/C16H20ClN3O2/c1-10-6-13(22-19-10)7-12-8-20(9-15(12)21-3)16-5-4-14(17)11(2)18-16/h4-6,12,15H,7-9H2,1-3H3/t12-,15+/m1/s1. The molecule has 0 saturated carbocycles. The number of hydrogen-bond acceptors (Lipinski definition) is 5. The van der Waals surface area contributed by atoms with Crippen molar-refractivity contribution in [1.82, 2.24) is 10.1 Å². The zero-order valence-electron chi connectivity index (χ0n) is 13.0. The first kappa shape index (κ1) is 15.3. The molecule has 0 aromatic carbocycles. The van der Waals surface area contributed by atoms with E-state index in [0.717, 1.165) is 42.5 Å². The van der Waals surface area contributed by atoms with Gasteiger partial charge in [0.2, 0.25) is 0 Å². The lowest BCUT2D eigenvalue weighted by Gasteiger charge is -2.17. The second-order valence-electron chi connectivity index (χ2n) is 5.81. The smallest absolute Gasteiger partial charge is 0.137 e. The van der Waals surface area contributed by atoms with Gasteiger partial charge in [0.1, 0.15) is 11.6 Å². The predicted molar refractivity (Wildman–Crippen MR) is 85.4 cm³/mol. The van der Waals surface area contributed by atoms with Gasteiger partial charge >= 0.3 is 0 Å². The van der Waals surface area contributed by atoms with Crippen LogP contribution in [0.4, 0.5) is 5.82 Å². The van der Waals surface area contributed by atoms with Crippen molar-refractivity contribution in [3.05, 3.63) is 40.4 Å². The molecule has 118 valence electrons. The molecule has 2 aromatic rings. The van der Waals surface area contributed by atoms with E-state index in [0.29, 0.717) is 10.9 Å². The van der Waals surface area contributed by atoms with Crippen molar-refractivity contribution in [1.29, 1.82) is 0 Å². The Morgan fingerprint density at radius 2 is 2.18 bits per heavy atom. The van der Waals surface area contributed by atoms with Crippen molar-refractivity contribution in [3.8, 4) is 0 Å². The number of rotatable bonds is 4. The lowest BCUT2D eigenvalue weighted by Crippen LogP contribution is -2.23. The number of aromatic nitrogens is 2. The highest BCUT2D eigenvalue weighted by atomic mass is 35.5. The molecular formula is C16H20ClN3O2. The largest absolute Gasteiger partial charge is 0.379 e. The SMILES string of the molecule is CO[C@H]1CN(c2ccc(Cl)c(C)n2)C[C@H]1Cc1cc(C)no1. The third-order valence-corrected chi connectivity index (χ3v) is 4.55. The van der Waals surface area contributed by atoms with Crippen LogP contribution >= 0.6 is 11.6 Å². The number of aryl methyl sites for hydroxylation is 2. The van der Waals surface area contributed by atoms with Gasteiger partial charge in [-0.2, -0.15) is 0 Å². The Hall–Kier alpha value is -1.59. The van der Waals surface area contributed by atoms with E-state index in [9.17, 15) is 0 Å². The van der Waals surface area contributed by atoms with Gasteiger partial charge in [-0.3, -0.25) is 0 Å². The molecule has 0 radical (unpaired) electrons. The summed E-state index contributed by atoms with van der Waals surface area (Å²) in [5.41, 5.74) is 1.76. The Kier molecular flexibility index (Phi) is 4.36. The topological polar surface area (TPSA) is 51.4 Å². The monoisotopic (exact) mass is 321 g/mol. The zero-order chi connectivity index (χ0) is 15.7. The van der Waals surface area contributed by atoms with Crippen LogP contribution in [0.25, 0.3) is 0 Å². The van der Waals surface area contributed by atoms with Crippen LogP contribution in [0.5, 0.6) is 0 Å². The third kappa shape index (κ3) is 3.10. The number of methoxy groups -OCH3 is 1. The minimum Gasteiger partial charge on any atom is -0.379 e. The molecule has 0 amide bonds. The van der Waals surface area contributed by atoms with Crippen LogP contribution in [0.3, 0.4) is 0 Å². The molecule has 1 aliphatic rings. The molecule has 1 saturated heterocycles. The maximum Gasteiger partial charge on any atom is 0.137 e. The summed E-state index contributed by atoms with van der Waals surface area (Å²) in [5.74, 6) is 2.21. The van der Waals surface area contributed by atoms with Crippen molar-refractivity contribution in [2.45, 2.75) is 26.4 Å². The number of ether oxygens (including phenoxy) is 1. The molecule has 3 rings (SSSR count). The summed E-state index contributed by atoms with van der Waals surface area (Å²) in [7, 11) is 1.76. The van der Waals surface area contributed by atoms with Crippen LogP contribution in [-0.2, 0) is 11.2 Å². The molecule has 0 aliphatic carbocycles. The van der Waals surface area contributed by atoms with Crippen molar-refractivity contribution in [2.24, 2.45) is 5.92 Å². The molecular weight excluding hydrogens is 302 g/mol. The van der Waals surface area contributed by atoms with Crippen molar-refractivity contribution in [2.75, 3.05) is 25.1 Å². The molecule has 0 bridgehead atoms. The summed E-state index contributed by atoms with van der Waals surface area (Å²) in [4.78, 5) is 6.81. The summed E-state index contributed by atoms with van der Waals surface area (Å²) in [6, 6.07) is 5.84. The Labute approximate surface area is 135 Å². The first-order valence-corrected chi connectivity index (χ1v) is 7.77. The number of pyridine rings is 1. The summed E-state index contributed by atoms with van der Waals surface area (Å²) >= 11 is 6.06. The van der Waals surface area contributed by atoms with Gasteiger partial charge in [0.15, 0.2) is 0 Å². The van der Waals surface area contributed by atoms with Gasteiger partial charge in [-0.15, -0.1) is 0 Å². The molecule has 22 heavy (non-hydrogen) atoms. The Morgan fingerprint density at radius 3 is 2.82 bits per heavy atom. The van der Waals surface area contributed by atoms with Gasteiger partial charge in [-0.25, -0.2) is 4.98 Å². The van der Waals surface area contributed by atoms with E-state index in [-0.39, 0.29) is 6.10 Å². The van der Waals surface area contributed by atoms with Crippen LogP contribution in [0.15, 0.2) is 22.7 Å². The highest BCUT2D eigenvalue weighted by Crippen LogP contribution is 2.28. The van der Waals surface area contributed by atoms with Crippen molar-refractivity contribution >= 4 is 17.4 Å². The highest BCUT2D eigenvalue weighted by molar-refractivity contribution is 6.31. The summed E-state index contributed by atoms with van der Waals surface area (Å²) in [5, 5.41) is 4.65. The quantitative estimate of drug-likeness (QED) is 0.866. The molecule has 0 N–H and O–H groups in total. The molecule has 0 spiro atoms. The Balaban J connectivity index is 1.74. The lowest BCUT2D eigenvalue weighted by atomic mass is 10.0. The lowest BCUT2D eigenvalue weighted by molar-refractivity contribution is 0.0813. The van der Waals surface area contributed by atoms with Crippen LogP contribution < -0.4 is 4.90 Å². The van der Waals surface area contributed by atoms with E-state index >= 15 is 0 Å². The number of hydrogen-bond donors (Lipinski definition) is 0. The summed E-state index contributed by atoms with van der Waals surface area (Å²) in [6.45, 7) is 5.56. The van der Waals surface area contributed by atoms with E-state index in [1.54, 1.807) is 7.11 Å². The second kappa shape index (κ2) is 6.26. The summed E-state index contributed by atoms with van der Waals surface area (Å²) < 4.78 is 11.0. The fourth-order valence-electron chi connectivity index (χ4n) is 2.97. The molecule has 2 atom stereocenters. The average molecular weight is 322 g/mol. The van der Waals surface area contributed by atoms with E-state index in [2.05, 4.69) is 15.0 Å². The molecule has 6 heteroatoms. The van der Waals surface area contributed by atoms with Crippen LogP contribution in [0.1, 0.15) is 17.1 Å². The summed E-state index contributed by atoms with van der Waals surface area (Å²) in [6.07, 6.45) is 0.978. The molecule has 5 nitrogen and oxygen atoms in total. The van der Waals surface area contributed by atoms with Gasteiger partial charge in [0, 0.05) is 38.6 Å². The normalized spacial score (nSPS) is 21.5. The van der Waals surface area contributed by atoms with Gasteiger partial charge in [-0.05, 0) is 26.0 Å². The maximum atomic E-state index is 6.06. The molecule has 1 aliphatic heterocycles. The van der Waals surface area contributed by atoms with Crippen LogP contribution in [-0.4, -0.2) is 36.4 Å². The fraction of sp³-hybridized carbons (Fsp3) is 0.500. The van der Waals surface area contributed by atoms with Crippen molar-refractivity contribution in [3.63, 3.8) is 0 Å². The Bertz CT molecular complexity index is 659. The molecule has 3 heterocycles. The zero-order valence-corrected chi connectivity index (χ0v) is 13.8. The molecule has 2 aromatic heterocycles. The Morgan fingerprint density at radius 1 is 1.36 bits per heavy atom. The minimum absolute atomic E-state index is 0.156. The van der Waals surface area contributed by atoms with E-state index < -0.39 is 0 Å². The van der Waals surface area contributed by atoms with Crippen LogP contribution in [0.2, 0.25) is 5.02 Å². The minimum atomic E-state index is 0.156. The fourth-order valence-corrected chi connectivity index (χ4v) is 3.07. The average Bonchev–Trinajstić information content (AvgIpc) is 3.08. The van der Waals surface area contributed by atoms with Gasteiger partial charge in [0.05, 0.1) is 22.5 Å².